The number of aryl methyl sites for hydroxylation is 2. The Hall–Kier alpha value is -2.43. The van der Waals surface area contributed by atoms with Gasteiger partial charge in [0.2, 0.25) is 11.4 Å². The summed E-state index contributed by atoms with van der Waals surface area (Å²) >= 11 is 0. The van der Waals surface area contributed by atoms with Gasteiger partial charge in [-0.1, -0.05) is 451 Å². The summed E-state index contributed by atoms with van der Waals surface area (Å²) in [4.78, 5) is 0. The maximum atomic E-state index is 12.1. The molecule has 3 rings (SSSR count). The minimum absolute atomic E-state index is 0. The second-order valence-corrected chi connectivity index (χ2v) is 31.0. The quantitative estimate of drug-likeness (QED) is 0.0207. The predicted octanol–water partition coefficient (Wildman–Crippen LogP) is 34.6. The molecule has 0 radical (unpaired) electrons. The number of benzene rings is 2. The molecule has 0 saturated carbocycles. The van der Waals surface area contributed by atoms with Crippen LogP contribution in [0.15, 0.2) is 59.7 Å². The van der Waals surface area contributed by atoms with Crippen molar-refractivity contribution in [1.82, 2.24) is 0 Å². The summed E-state index contributed by atoms with van der Waals surface area (Å²) in [6.07, 6.45) is 97.1. The van der Waals surface area contributed by atoms with Crippen LogP contribution in [0.4, 0.5) is 0 Å². The Morgan fingerprint density at radius 1 is 0.270 bits per heavy atom. The van der Waals surface area contributed by atoms with E-state index < -0.39 is 0 Å². The van der Waals surface area contributed by atoms with E-state index in [9.17, 15) is 5.53 Å². The Bertz CT molecular complexity index is 2050. The van der Waals surface area contributed by atoms with Crippen molar-refractivity contribution in [3.8, 4) is 11.8 Å². The zero-order chi connectivity index (χ0) is 71.5. The van der Waals surface area contributed by atoms with Crippen LogP contribution in [0.3, 0.4) is 0 Å². The summed E-state index contributed by atoms with van der Waals surface area (Å²) < 4.78 is 1.57. The summed E-state index contributed by atoms with van der Waals surface area (Å²) in [5, 5.41) is 0. The molecule has 0 unspecified atom stereocenters. The molecule has 0 amide bonds. The maximum Gasteiger partial charge on any atom is 2.00 e. The van der Waals surface area contributed by atoms with E-state index in [4.69, 9.17) is 0 Å². The van der Waals surface area contributed by atoms with Crippen LogP contribution in [0.1, 0.15) is 507 Å². The first kappa shape index (κ1) is 97.6. The predicted molar refractivity (Wildman–Crippen MR) is 449 cm³/mol. The van der Waals surface area contributed by atoms with Gasteiger partial charge in [0, 0.05) is 35.1 Å². The molecule has 0 aromatic heterocycles. The molecule has 0 aliphatic carbocycles. The first-order valence-corrected chi connectivity index (χ1v) is 45.2. The molecule has 0 atom stereocenters. The average Bonchev–Trinajstić information content (AvgIpc) is 1.60. The molecule has 1 aliphatic heterocycles. The van der Waals surface area contributed by atoms with Gasteiger partial charge < -0.3 is 19.4 Å². The van der Waals surface area contributed by atoms with Crippen molar-refractivity contribution in [3.05, 3.63) is 101 Å². The molecule has 0 N–H and O–H groups in total. The molecular weight excluding hydrogens is 1250 g/mol. The van der Waals surface area contributed by atoms with Gasteiger partial charge in [-0.05, 0) is 80.7 Å². The van der Waals surface area contributed by atoms with Crippen molar-refractivity contribution < 1.29 is 21.2 Å². The number of allylic oxidation sites excluding steroid dienone is 2. The molecule has 2 aromatic carbocycles. The van der Waals surface area contributed by atoms with Crippen molar-refractivity contribution >= 4 is 11.4 Å². The molecule has 3 heteroatoms. The third kappa shape index (κ3) is 57.8. The zero-order valence-corrected chi connectivity index (χ0v) is 69.4. The Kier molecular flexibility index (Phi) is 77.2. The number of unbranched alkanes of at least 4 members (excludes halogenated alkanes) is 60. The summed E-state index contributed by atoms with van der Waals surface area (Å²) in [7, 11) is 0. The number of hydrogen-bond acceptors (Lipinski definition) is 0. The summed E-state index contributed by atoms with van der Waals surface area (Å²) in [5.41, 5.74) is 21.8. The monoisotopic (exact) mass is 1420 g/mol. The maximum absolute atomic E-state index is 12.1. The van der Waals surface area contributed by atoms with Crippen LogP contribution in [0.5, 0.6) is 0 Å². The third-order valence-electron chi connectivity index (χ3n) is 21.5. The van der Waals surface area contributed by atoms with Crippen molar-refractivity contribution in [2.45, 2.75) is 497 Å². The van der Waals surface area contributed by atoms with Crippen molar-refractivity contribution in [1.29, 1.82) is 0 Å². The van der Waals surface area contributed by atoms with Crippen molar-refractivity contribution in [2.75, 3.05) is 0 Å². The summed E-state index contributed by atoms with van der Waals surface area (Å²) in [6, 6.07) is 17.9. The number of rotatable bonds is 70. The average molecular weight is 1430 g/mol. The molecule has 2 aromatic rings. The fourth-order valence-corrected chi connectivity index (χ4v) is 14.8. The molecule has 0 fully saturated rings. The number of nitrogens with zero attached hydrogens (tertiary/aromatic N) is 2. The Labute approximate surface area is 639 Å². The van der Waals surface area contributed by atoms with Gasteiger partial charge in [0.1, 0.15) is 0 Å². The van der Waals surface area contributed by atoms with Crippen LogP contribution in [0, 0.1) is 25.7 Å². The second kappa shape index (κ2) is 79.1. The molecule has 0 bridgehead atoms. The Morgan fingerprint density at radius 2 is 0.540 bits per heavy atom. The topological polar surface area (TPSA) is 25.3 Å². The molecule has 580 valence electrons. The summed E-state index contributed by atoms with van der Waals surface area (Å²) in [6.45, 7) is 21.5. The second-order valence-electron chi connectivity index (χ2n) is 31.0. The third-order valence-corrected chi connectivity index (χ3v) is 21.5. The van der Waals surface area contributed by atoms with Gasteiger partial charge in [-0.25, -0.2) is 4.70 Å². The van der Waals surface area contributed by atoms with Gasteiger partial charge in [0.25, 0.3) is 0 Å². The van der Waals surface area contributed by atoms with E-state index >= 15 is 0 Å². The van der Waals surface area contributed by atoms with E-state index in [1.807, 2.05) is 0 Å². The molecular formula is C97H172N2Ni. The van der Waals surface area contributed by atoms with Gasteiger partial charge in [0.15, 0.2) is 0 Å². The van der Waals surface area contributed by atoms with Gasteiger partial charge in [-0.2, -0.15) is 12.8 Å². The van der Waals surface area contributed by atoms with Crippen LogP contribution in [0.2, 0.25) is 0 Å². The fourth-order valence-electron chi connectivity index (χ4n) is 14.8. The zero-order valence-electron chi connectivity index (χ0n) is 68.4. The molecule has 1 heterocycles. The van der Waals surface area contributed by atoms with Crippen LogP contribution in [0.25, 0.3) is 16.9 Å². The first-order chi connectivity index (χ1) is 49.0. The standard InChI is InChI=1S/C49H74N2.2C24H49.Ni/c1-5-9-13-15-17-18-19-20-21-22-23-24-25-27-29-33-43-34-30-31-37-45(43)49-47(36-12-8-4)46(35-11-7-3)48(51(49)50)44-40-38-42(39-41-44)32-28-26-16-14-10-6-2;2*1-3-5-7-9-11-13-15-17-19-21-23-24-22-20-18-16-14-12-10-8-6-4-2;/h30-31,34,37-41H,5-24,26,28-29,32-33,35-36H2,1-4H3;2*1,3-24H2,2H3;/q;2*-1;+2. The summed E-state index contributed by atoms with van der Waals surface area (Å²) in [5.74, 6) is 6.97. The molecule has 2 nitrogen and oxygen atoms in total. The van der Waals surface area contributed by atoms with E-state index in [-0.39, 0.29) is 16.5 Å². The van der Waals surface area contributed by atoms with Crippen molar-refractivity contribution in [2.24, 2.45) is 0 Å². The van der Waals surface area contributed by atoms with Crippen LogP contribution in [-0.4, -0.2) is 4.70 Å². The van der Waals surface area contributed by atoms with Crippen LogP contribution >= 0.6 is 0 Å². The minimum atomic E-state index is 0. The van der Waals surface area contributed by atoms with Gasteiger partial charge >= 0.3 is 16.5 Å². The Morgan fingerprint density at radius 3 is 0.860 bits per heavy atom. The number of hydrogen-bond donors (Lipinski definition) is 0. The smallest absolute Gasteiger partial charge is 0.493 e. The van der Waals surface area contributed by atoms with E-state index in [1.165, 1.54) is 407 Å². The van der Waals surface area contributed by atoms with Gasteiger partial charge in [-0.3, -0.25) is 0 Å². The molecule has 1 aliphatic rings. The van der Waals surface area contributed by atoms with Crippen molar-refractivity contribution in [3.63, 3.8) is 0 Å². The van der Waals surface area contributed by atoms with Gasteiger partial charge in [0.05, 0.1) is 0 Å². The van der Waals surface area contributed by atoms with E-state index in [1.54, 1.807) is 4.70 Å². The van der Waals surface area contributed by atoms with Gasteiger partial charge in [-0.15, -0.1) is 11.8 Å². The van der Waals surface area contributed by atoms with Crippen LogP contribution < -0.4 is 0 Å². The molecule has 0 saturated heterocycles. The minimum Gasteiger partial charge on any atom is -0.493 e. The SMILES string of the molecule is CCCCCCCCCCCCCC#CCCc1ccccc1C1=C(CCCC)C(CCCC)=C(c2ccc(CCCCCCCC)cc2)[N+]1=[N-].[CH2-]CCCCCCCCCCCCCCCCCCCCCCC.[CH2-]CCCCCCCCCCCCCCCCCCCCCCC.[Ni+2]. The normalized spacial score (nSPS) is 12.0. The largest absolute Gasteiger partial charge is 2.00 e. The molecule has 0 spiro atoms. The molecule has 100 heavy (non-hydrogen) atoms. The first-order valence-electron chi connectivity index (χ1n) is 45.2. The Balaban J connectivity index is 0.00000167. The van der Waals surface area contributed by atoms with Crippen LogP contribution in [-0.2, 0) is 29.3 Å². The van der Waals surface area contributed by atoms with E-state index in [2.05, 4.69) is 116 Å². The van der Waals surface area contributed by atoms with E-state index in [0.29, 0.717) is 0 Å². The van der Waals surface area contributed by atoms with E-state index in [0.717, 1.165) is 94.0 Å². The fraction of sp³-hybridized carbons (Fsp3) is 0.794.